The van der Waals surface area contributed by atoms with Crippen LogP contribution in [0.2, 0.25) is 0 Å². The van der Waals surface area contributed by atoms with Gasteiger partial charge in [-0.1, -0.05) is 6.07 Å². The summed E-state index contributed by atoms with van der Waals surface area (Å²) in [5.74, 6) is 2.00. The van der Waals surface area contributed by atoms with E-state index in [1.807, 2.05) is 28.9 Å². The van der Waals surface area contributed by atoms with Crippen molar-refractivity contribution in [3.63, 3.8) is 0 Å². The topological polar surface area (TPSA) is 54.9 Å². The number of benzene rings is 1. The van der Waals surface area contributed by atoms with Gasteiger partial charge in [0.15, 0.2) is 11.5 Å². The van der Waals surface area contributed by atoms with Crippen molar-refractivity contribution in [1.82, 2.24) is 14.8 Å². The maximum Gasteiger partial charge on any atom is 0.226 e. The van der Waals surface area contributed by atoms with Crippen molar-refractivity contribution in [3.8, 4) is 11.5 Å². The van der Waals surface area contributed by atoms with Crippen molar-refractivity contribution in [1.29, 1.82) is 0 Å². The highest BCUT2D eigenvalue weighted by Gasteiger charge is 2.58. The van der Waals surface area contributed by atoms with Crippen LogP contribution in [0.5, 0.6) is 11.5 Å². The van der Waals surface area contributed by atoms with Crippen LogP contribution in [0, 0.1) is 11.3 Å². The standard InChI is InChI=1S/C22H29N3O3S/c1-24(13-17-14-29-15-23-17)21(26)18-11-22(18)6-8-25(9-7-22)12-16-4-5-19(27-2)20(10-16)28-3/h4-5,10,14-15,18H,6-9,11-13H2,1-3H3. The Morgan fingerprint density at radius 2 is 2.03 bits per heavy atom. The Morgan fingerprint density at radius 1 is 1.28 bits per heavy atom. The van der Waals surface area contributed by atoms with E-state index >= 15 is 0 Å². The molecule has 1 aromatic heterocycles. The Balaban J connectivity index is 1.29. The van der Waals surface area contributed by atoms with E-state index in [1.165, 1.54) is 5.56 Å². The van der Waals surface area contributed by atoms with Gasteiger partial charge in [-0.15, -0.1) is 11.3 Å². The number of hydrogen-bond acceptors (Lipinski definition) is 6. The molecule has 1 saturated heterocycles. The van der Waals surface area contributed by atoms with Gasteiger partial charge in [-0.05, 0) is 55.5 Å². The first-order valence-corrected chi connectivity index (χ1v) is 11.0. The van der Waals surface area contributed by atoms with Gasteiger partial charge in [-0.3, -0.25) is 9.69 Å². The summed E-state index contributed by atoms with van der Waals surface area (Å²) >= 11 is 1.57. The highest BCUT2D eigenvalue weighted by molar-refractivity contribution is 7.07. The molecule has 2 fully saturated rings. The van der Waals surface area contributed by atoms with Crippen LogP contribution in [-0.4, -0.2) is 55.0 Å². The maximum absolute atomic E-state index is 12.9. The molecule has 29 heavy (non-hydrogen) atoms. The summed E-state index contributed by atoms with van der Waals surface area (Å²) in [5, 5.41) is 2.01. The van der Waals surface area contributed by atoms with Crippen LogP contribution in [-0.2, 0) is 17.9 Å². The zero-order valence-electron chi connectivity index (χ0n) is 17.4. The minimum absolute atomic E-state index is 0.189. The molecule has 1 spiro atoms. The molecule has 1 aliphatic heterocycles. The molecule has 1 amide bonds. The summed E-state index contributed by atoms with van der Waals surface area (Å²) in [4.78, 5) is 21.5. The highest BCUT2D eigenvalue weighted by Crippen LogP contribution is 2.60. The number of thiazole rings is 1. The zero-order valence-corrected chi connectivity index (χ0v) is 18.2. The summed E-state index contributed by atoms with van der Waals surface area (Å²) in [7, 11) is 5.23. The van der Waals surface area contributed by atoms with Gasteiger partial charge in [0.05, 0.1) is 32.0 Å². The molecule has 2 aliphatic rings. The number of amides is 1. The first-order chi connectivity index (χ1) is 14.0. The van der Waals surface area contributed by atoms with Gasteiger partial charge in [-0.2, -0.15) is 0 Å². The average molecular weight is 416 g/mol. The smallest absolute Gasteiger partial charge is 0.226 e. The molecule has 0 bridgehead atoms. The van der Waals surface area contributed by atoms with Gasteiger partial charge in [0, 0.05) is 24.9 Å². The molecule has 1 atom stereocenters. The molecule has 4 rings (SSSR count). The molecule has 6 nitrogen and oxygen atoms in total. The number of ether oxygens (including phenoxy) is 2. The van der Waals surface area contributed by atoms with Crippen molar-refractivity contribution in [2.24, 2.45) is 11.3 Å². The van der Waals surface area contributed by atoms with Crippen molar-refractivity contribution >= 4 is 17.2 Å². The van der Waals surface area contributed by atoms with E-state index in [0.717, 1.165) is 56.1 Å². The minimum Gasteiger partial charge on any atom is -0.493 e. The third-order valence-electron chi connectivity index (χ3n) is 6.45. The minimum atomic E-state index is 0.189. The molecular formula is C22H29N3O3S. The normalized spacial score (nSPS) is 20.4. The number of rotatable bonds is 7. The fourth-order valence-corrected chi connectivity index (χ4v) is 5.10. The first kappa shape index (κ1) is 20.2. The molecule has 1 aliphatic carbocycles. The number of carbonyl (C=O) groups is 1. The van der Waals surface area contributed by atoms with Gasteiger partial charge < -0.3 is 14.4 Å². The van der Waals surface area contributed by atoms with Gasteiger partial charge in [0.2, 0.25) is 5.91 Å². The Labute approximate surface area is 176 Å². The van der Waals surface area contributed by atoms with E-state index in [1.54, 1.807) is 25.6 Å². The van der Waals surface area contributed by atoms with E-state index in [0.29, 0.717) is 6.54 Å². The number of likely N-dealkylation sites (tertiary alicyclic amines) is 1. The predicted octanol–water partition coefficient (Wildman–Crippen LogP) is 3.42. The van der Waals surface area contributed by atoms with Gasteiger partial charge in [0.1, 0.15) is 0 Å². The Morgan fingerprint density at radius 3 is 2.69 bits per heavy atom. The van der Waals surface area contributed by atoms with E-state index in [4.69, 9.17) is 9.47 Å². The van der Waals surface area contributed by atoms with Crippen LogP contribution in [0.25, 0.3) is 0 Å². The van der Waals surface area contributed by atoms with Crippen LogP contribution >= 0.6 is 11.3 Å². The molecule has 2 aromatic rings. The van der Waals surface area contributed by atoms with E-state index in [-0.39, 0.29) is 17.2 Å². The lowest BCUT2D eigenvalue weighted by Gasteiger charge is -2.33. The second-order valence-corrected chi connectivity index (χ2v) is 8.98. The molecule has 0 N–H and O–H groups in total. The highest BCUT2D eigenvalue weighted by atomic mass is 32.1. The van der Waals surface area contributed by atoms with Crippen molar-refractivity contribution < 1.29 is 14.3 Å². The molecule has 7 heteroatoms. The zero-order chi connectivity index (χ0) is 20.4. The van der Waals surface area contributed by atoms with Crippen molar-refractivity contribution in [2.45, 2.75) is 32.4 Å². The van der Waals surface area contributed by atoms with Crippen LogP contribution in [0.1, 0.15) is 30.5 Å². The fraction of sp³-hybridized carbons (Fsp3) is 0.545. The van der Waals surface area contributed by atoms with E-state index in [9.17, 15) is 4.79 Å². The molecule has 0 radical (unpaired) electrons. The van der Waals surface area contributed by atoms with Crippen molar-refractivity contribution in [2.75, 3.05) is 34.4 Å². The summed E-state index contributed by atoms with van der Waals surface area (Å²) < 4.78 is 10.7. The lowest BCUT2D eigenvalue weighted by molar-refractivity contribution is -0.133. The lowest BCUT2D eigenvalue weighted by Crippen LogP contribution is -2.37. The lowest BCUT2D eigenvalue weighted by atomic mass is 9.90. The monoisotopic (exact) mass is 415 g/mol. The molecule has 156 valence electrons. The summed E-state index contributed by atoms with van der Waals surface area (Å²) in [5.41, 5.74) is 4.25. The SMILES string of the molecule is COc1ccc(CN2CCC3(CC2)CC3C(=O)N(C)Cc2cscn2)cc1OC. The number of carbonyl (C=O) groups excluding carboxylic acids is 1. The number of hydrogen-bond donors (Lipinski definition) is 0. The largest absolute Gasteiger partial charge is 0.493 e. The summed E-state index contributed by atoms with van der Waals surface area (Å²) in [6, 6.07) is 6.12. The molecule has 1 unspecified atom stereocenters. The van der Waals surface area contributed by atoms with Crippen molar-refractivity contribution in [3.05, 3.63) is 40.3 Å². The van der Waals surface area contributed by atoms with Crippen LogP contribution in [0.3, 0.4) is 0 Å². The molecular weight excluding hydrogens is 386 g/mol. The number of aromatic nitrogens is 1. The second-order valence-electron chi connectivity index (χ2n) is 8.26. The molecule has 2 heterocycles. The Hall–Kier alpha value is -2.12. The third-order valence-corrected chi connectivity index (χ3v) is 7.09. The van der Waals surface area contributed by atoms with Crippen LogP contribution < -0.4 is 9.47 Å². The first-order valence-electron chi connectivity index (χ1n) is 10.1. The number of nitrogens with zero attached hydrogens (tertiary/aromatic N) is 3. The van der Waals surface area contributed by atoms with E-state index in [2.05, 4.69) is 22.0 Å². The second kappa shape index (κ2) is 8.32. The third kappa shape index (κ3) is 4.26. The number of piperidine rings is 1. The summed E-state index contributed by atoms with van der Waals surface area (Å²) in [6.07, 6.45) is 3.24. The Bertz CT molecular complexity index is 847. The van der Waals surface area contributed by atoms with Gasteiger partial charge >= 0.3 is 0 Å². The van der Waals surface area contributed by atoms with Crippen LogP contribution in [0.4, 0.5) is 0 Å². The van der Waals surface area contributed by atoms with E-state index < -0.39 is 0 Å². The maximum atomic E-state index is 12.9. The summed E-state index contributed by atoms with van der Waals surface area (Å²) in [6.45, 7) is 3.58. The quantitative estimate of drug-likeness (QED) is 0.694. The van der Waals surface area contributed by atoms with Gasteiger partial charge in [0.25, 0.3) is 0 Å². The van der Waals surface area contributed by atoms with Gasteiger partial charge in [-0.25, -0.2) is 4.98 Å². The van der Waals surface area contributed by atoms with Crippen LogP contribution in [0.15, 0.2) is 29.1 Å². The predicted molar refractivity (Wildman–Crippen MR) is 113 cm³/mol. The molecule has 1 aromatic carbocycles. The molecule has 1 saturated carbocycles. The average Bonchev–Trinajstić information content (AvgIpc) is 3.18. The fourth-order valence-electron chi connectivity index (χ4n) is 4.55. The Kier molecular flexibility index (Phi) is 5.79. The number of methoxy groups -OCH3 is 2.